The van der Waals surface area contributed by atoms with Crippen molar-refractivity contribution in [1.82, 2.24) is 15.5 Å². The van der Waals surface area contributed by atoms with E-state index in [9.17, 15) is 0 Å². The fourth-order valence-electron chi connectivity index (χ4n) is 3.11. The Labute approximate surface area is 139 Å². The number of rotatable bonds is 7. The molecule has 1 heterocycles. The first kappa shape index (κ1) is 17.9. The molecule has 5 nitrogen and oxygen atoms in total. The van der Waals surface area contributed by atoms with E-state index in [-0.39, 0.29) is 0 Å². The topological polar surface area (TPSA) is 48.9 Å². The monoisotopic (exact) mass is 328 g/mol. The zero-order valence-corrected chi connectivity index (χ0v) is 15.0. The molecule has 22 heavy (non-hydrogen) atoms. The fourth-order valence-corrected chi connectivity index (χ4v) is 3.91. The molecule has 1 saturated heterocycles. The van der Waals surface area contributed by atoms with Crippen LogP contribution in [0.5, 0.6) is 0 Å². The normalized spacial score (nSPS) is 27.1. The SMILES string of the molecule is CCNC(=NCCCN1CCOCC1)NC1CCC(SC)C1. The molecular formula is C16H32N4OS. The molecule has 0 amide bonds. The van der Waals surface area contributed by atoms with E-state index in [1.54, 1.807) is 0 Å². The number of hydrogen-bond acceptors (Lipinski definition) is 4. The molecule has 1 aliphatic carbocycles. The molecule has 128 valence electrons. The van der Waals surface area contributed by atoms with Gasteiger partial charge in [0.1, 0.15) is 0 Å². The first-order valence-corrected chi connectivity index (χ1v) is 9.98. The molecule has 0 bridgehead atoms. The molecule has 1 saturated carbocycles. The second-order valence-electron chi connectivity index (χ2n) is 6.08. The average Bonchev–Trinajstić information content (AvgIpc) is 3.00. The number of morpholine rings is 1. The third kappa shape index (κ3) is 6.34. The summed E-state index contributed by atoms with van der Waals surface area (Å²) < 4.78 is 5.38. The van der Waals surface area contributed by atoms with Crippen LogP contribution in [0.15, 0.2) is 4.99 Å². The Morgan fingerprint density at radius 1 is 1.32 bits per heavy atom. The van der Waals surface area contributed by atoms with E-state index in [0.29, 0.717) is 6.04 Å². The summed E-state index contributed by atoms with van der Waals surface area (Å²) in [6, 6.07) is 0.592. The van der Waals surface area contributed by atoms with Crippen LogP contribution in [0.25, 0.3) is 0 Å². The maximum absolute atomic E-state index is 5.38. The van der Waals surface area contributed by atoms with Gasteiger partial charge in [-0.25, -0.2) is 0 Å². The minimum absolute atomic E-state index is 0.592. The smallest absolute Gasteiger partial charge is 0.191 e. The number of aliphatic imine (C=N–C) groups is 1. The molecule has 2 N–H and O–H groups in total. The molecule has 2 rings (SSSR count). The number of guanidine groups is 1. The quantitative estimate of drug-likeness (QED) is 0.422. The maximum atomic E-state index is 5.38. The summed E-state index contributed by atoms with van der Waals surface area (Å²) in [6.07, 6.45) is 7.20. The van der Waals surface area contributed by atoms with E-state index in [0.717, 1.165) is 63.6 Å². The zero-order chi connectivity index (χ0) is 15.6. The summed E-state index contributed by atoms with van der Waals surface area (Å²) in [7, 11) is 0. The average molecular weight is 329 g/mol. The van der Waals surface area contributed by atoms with Crippen LogP contribution in [0.4, 0.5) is 0 Å². The van der Waals surface area contributed by atoms with Gasteiger partial charge in [-0.1, -0.05) is 0 Å². The Kier molecular flexibility index (Phi) is 8.41. The first-order valence-electron chi connectivity index (χ1n) is 8.69. The highest BCUT2D eigenvalue weighted by Crippen LogP contribution is 2.27. The number of nitrogens with one attached hydrogen (secondary N) is 2. The Bertz CT molecular complexity index is 334. The van der Waals surface area contributed by atoms with Gasteiger partial charge in [0.25, 0.3) is 0 Å². The Morgan fingerprint density at radius 3 is 2.82 bits per heavy atom. The van der Waals surface area contributed by atoms with Gasteiger partial charge in [-0.05, 0) is 38.9 Å². The van der Waals surface area contributed by atoms with E-state index >= 15 is 0 Å². The van der Waals surface area contributed by atoms with Crippen LogP contribution in [0.2, 0.25) is 0 Å². The van der Waals surface area contributed by atoms with Crippen LogP contribution >= 0.6 is 11.8 Å². The third-order valence-electron chi connectivity index (χ3n) is 4.41. The summed E-state index contributed by atoms with van der Waals surface area (Å²) in [6.45, 7) is 8.98. The van der Waals surface area contributed by atoms with Gasteiger partial charge in [-0.2, -0.15) is 11.8 Å². The lowest BCUT2D eigenvalue weighted by Gasteiger charge is -2.26. The highest BCUT2D eigenvalue weighted by molar-refractivity contribution is 7.99. The molecule has 0 aromatic rings. The zero-order valence-electron chi connectivity index (χ0n) is 14.1. The van der Waals surface area contributed by atoms with Gasteiger partial charge in [-0.15, -0.1) is 0 Å². The van der Waals surface area contributed by atoms with E-state index in [1.165, 1.54) is 19.3 Å². The second-order valence-corrected chi connectivity index (χ2v) is 7.22. The molecular weight excluding hydrogens is 296 g/mol. The summed E-state index contributed by atoms with van der Waals surface area (Å²) in [5, 5.41) is 7.81. The molecule has 2 unspecified atom stereocenters. The molecule has 1 aliphatic heterocycles. The lowest BCUT2D eigenvalue weighted by molar-refractivity contribution is 0.0377. The molecule has 0 aromatic heterocycles. The van der Waals surface area contributed by atoms with Crippen LogP contribution in [-0.4, -0.2) is 74.3 Å². The van der Waals surface area contributed by atoms with Crippen molar-refractivity contribution in [1.29, 1.82) is 0 Å². The summed E-state index contributed by atoms with van der Waals surface area (Å²) >= 11 is 2.00. The van der Waals surface area contributed by atoms with Crippen molar-refractivity contribution in [2.24, 2.45) is 4.99 Å². The van der Waals surface area contributed by atoms with Crippen molar-refractivity contribution in [2.45, 2.75) is 43.9 Å². The predicted octanol–water partition coefficient (Wildman–Crippen LogP) is 1.55. The van der Waals surface area contributed by atoms with Crippen molar-refractivity contribution in [3.05, 3.63) is 0 Å². The third-order valence-corrected chi connectivity index (χ3v) is 5.50. The van der Waals surface area contributed by atoms with Crippen LogP contribution in [0, 0.1) is 0 Å². The van der Waals surface area contributed by atoms with E-state index < -0.39 is 0 Å². The van der Waals surface area contributed by atoms with Crippen LogP contribution in [0.1, 0.15) is 32.6 Å². The molecule has 6 heteroatoms. The first-order chi connectivity index (χ1) is 10.8. The van der Waals surface area contributed by atoms with Crippen molar-refractivity contribution in [3.63, 3.8) is 0 Å². The number of hydrogen-bond donors (Lipinski definition) is 2. The van der Waals surface area contributed by atoms with E-state index in [4.69, 9.17) is 9.73 Å². The van der Waals surface area contributed by atoms with E-state index in [2.05, 4.69) is 28.7 Å². The van der Waals surface area contributed by atoms with Gasteiger partial charge >= 0.3 is 0 Å². The van der Waals surface area contributed by atoms with Crippen molar-refractivity contribution >= 4 is 17.7 Å². The molecule has 0 aromatic carbocycles. The van der Waals surface area contributed by atoms with Gasteiger partial charge in [0.2, 0.25) is 0 Å². The van der Waals surface area contributed by atoms with Crippen molar-refractivity contribution < 1.29 is 4.74 Å². The van der Waals surface area contributed by atoms with Gasteiger partial charge in [0.15, 0.2) is 5.96 Å². The predicted molar refractivity (Wildman–Crippen MR) is 95.9 cm³/mol. The molecule has 2 atom stereocenters. The van der Waals surface area contributed by atoms with Gasteiger partial charge in [0.05, 0.1) is 13.2 Å². The molecule has 2 aliphatic rings. The van der Waals surface area contributed by atoms with Crippen molar-refractivity contribution in [2.75, 3.05) is 52.2 Å². The summed E-state index contributed by atoms with van der Waals surface area (Å²) in [5.74, 6) is 0.997. The molecule has 2 fully saturated rings. The number of ether oxygens (including phenoxy) is 1. The maximum Gasteiger partial charge on any atom is 0.191 e. The van der Waals surface area contributed by atoms with E-state index in [1.807, 2.05) is 11.8 Å². The van der Waals surface area contributed by atoms with Gasteiger partial charge in [-0.3, -0.25) is 9.89 Å². The van der Waals surface area contributed by atoms with Crippen LogP contribution in [0.3, 0.4) is 0 Å². The Morgan fingerprint density at radius 2 is 2.14 bits per heavy atom. The standard InChI is InChI=1S/C16H32N4OS/c1-3-17-16(19-14-5-6-15(13-14)22-2)18-7-4-8-20-9-11-21-12-10-20/h14-15H,3-13H2,1-2H3,(H2,17,18,19). The fraction of sp³-hybridized carbons (Fsp3) is 0.938. The van der Waals surface area contributed by atoms with Crippen molar-refractivity contribution in [3.8, 4) is 0 Å². The largest absolute Gasteiger partial charge is 0.379 e. The van der Waals surface area contributed by atoms with Crippen LogP contribution in [-0.2, 0) is 4.74 Å². The lowest BCUT2D eigenvalue weighted by atomic mass is 10.2. The summed E-state index contributed by atoms with van der Waals surface area (Å²) in [4.78, 5) is 7.21. The Balaban J connectivity index is 1.67. The van der Waals surface area contributed by atoms with Crippen LogP contribution < -0.4 is 10.6 Å². The highest BCUT2D eigenvalue weighted by Gasteiger charge is 2.24. The minimum Gasteiger partial charge on any atom is -0.379 e. The Hall–Kier alpha value is -0.460. The highest BCUT2D eigenvalue weighted by atomic mass is 32.2. The molecule has 0 radical (unpaired) electrons. The van der Waals surface area contributed by atoms with Gasteiger partial charge < -0.3 is 15.4 Å². The molecule has 0 spiro atoms. The van der Waals surface area contributed by atoms with Gasteiger partial charge in [0, 0.05) is 44.0 Å². The summed E-state index contributed by atoms with van der Waals surface area (Å²) in [5.41, 5.74) is 0. The second kappa shape index (κ2) is 10.3. The lowest BCUT2D eigenvalue weighted by Crippen LogP contribution is -2.42. The number of nitrogens with zero attached hydrogens (tertiary/aromatic N) is 2. The number of thioether (sulfide) groups is 1. The minimum atomic E-state index is 0.592.